The molecule has 4 nitrogen and oxygen atoms in total. The Balaban J connectivity index is 2.18. The van der Waals surface area contributed by atoms with E-state index in [1.54, 1.807) is 7.11 Å². The molecule has 0 aliphatic carbocycles. The summed E-state index contributed by atoms with van der Waals surface area (Å²) in [6, 6.07) is 8.00. The van der Waals surface area contributed by atoms with Crippen LogP contribution in [0.25, 0.3) is 11.3 Å². The summed E-state index contributed by atoms with van der Waals surface area (Å²) in [7, 11) is 3.81. The molecule has 102 valence electrons. The van der Waals surface area contributed by atoms with Crippen molar-refractivity contribution in [3.8, 4) is 17.0 Å². The predicted molar refractivity (Wildman–Crippen MR) is 77.2 cm³/mol. The van der Waals surface area contributed by atoms with Gasteiger partial charge in [-0.25, -0.2) is 0 Å². The number of aromatic nitrogens is 2. The van der Waals surface area contributed by atoms with Crippen LogP contribution in [-0.2, 0) is 6.54 Å². The summed E-state index contributed by atoms with van der Waals surface area (Å²) in [6.07, 6.45) is 3.14. The minimum Gasteiger partial charge on any atom is -0.497 e. The van der Waals surface area contributed by atoms with Crippen molar-refractivity contribution in [3.05, 3.63) is 36.0 Å². The van der Waals surface area contributed by atoms with Crippen LogP contribution in [0.15, 0.2) is 30.5 Å². The first kappa shape index (κ1) is 13.6. The molecule has 4 heteroatoms. The summed E-state index contributed by atoms with van der Waals surface area (Å²) in [5.74, 6) is 0.865. The van der Waals surface area contributed by atoms with Crippen LogP contribution in [0, 0.1) is 0 Å². The average Bonchev–Trinajstić information content (AvgIpc) is 2.87. The molecule has 0 aliphatic rings. The highest BCUT2D eigenvalue weighted by atomic mass is 16.5. The van der Waals surface area contributed by atoms with Gasteiger partial charge in [-0.2, -0.15) is 5.10 Å². The first-order chi connectivity index (χ1) is 9.24. The molecule has 0 aliphatic heterocycles. The fourth-order valence-electron chi connectivity index (χ4n) is 2.19. The molecule has 0 amide bonds. The third kappa shape index (κ3) is 3.35. The number of H-pyrrole nitrogens is 1. The third-order valence-electron chi connectivity index (χ3n) is 3.13. The SMILES string of the molecule is CCCN(C)Cc1c[nH]nc1-c1ccc(OC)cc1. The van der Waals surface area contributed by atoms with E-state index in [0.29, 0.717) is 0 Å². The van der Waals surface area contributed by atoms with E-state index >= 15 is 0 Å². The second-order valence-corrected chi connectivity index (χ2v) is 4.73. The molecule has 0 radical (unpaired) electrons. The lowest BCUT2D eigenvalue weighted by Gasteiger charge is -2.15. The summed E-state index contributed by atoms with van der Waals surface area (Å²) < 4.78 is 5.18. The van der Waals surface area contributed by atoms with E-state index in [9.17, 15) is 0 Å². The second-order valence-electron chi connectivity index (χ2n) is 4.73. The molecule has 19 heavy (non-hydrogen) atoms. The van der Waals surface area contributed by atoms with Gasteiger partial charge in [-0.1, -0.05) is 6.92 Å². The third-order valence-corrected chi connectivity index (χ3v) is 3.13. The molecule has 0 fully saturated rings. The zero-order chi connectivity index (χ0) is 13.7. The number of hydrogen-bond donors (Lipinski definition) is 1. The van der Waals surface area contributed by atoms with Gasteiger partial charge in [-0.15, -0.1) is 0 Å². The zero-order valence-electron chi connectivity index (χ0n) is 11.8. The minimum atomic E-state index is 0.865. The molecule has 0 unspecified atom stereocenters. The maximum atomic E-state index is 5.18. The number of nitrogens with zero attached hydrogens (tertiary/aromatic N) is 2. The Morgan fingerprint density at radius 3 is 2.63 bits per heavy atom. The van der Waals surface area contributed by atoms with Crippen molar-refractivity contribution in [3.63, 3.8) is 0 Å². The van der Waals surface area contributed by atoms with E-state index in [1.165, 1.54) is 5.56 Å². The van der Waals surface area contributed by atoms with Gasteiger partial charge in [0, 0.05) is 23.9 Å². The van der Waals surface area contributed by atoms with Gasteiger partial charge >= 0.3 is 0 Å². The Hall–Kier alpha value is -1.81. The van der Waals surface area contributed by atoms with Gasteiger partial charge in [0.2, 0.25) is 0 Å². The van der Waals surface area contributed by atoms with Crippen molar-refractivity contribution < 1.29 is 4.74 Å². The van der Waals surface area contributed by atoms with Gasteiger partial charge in [-0.3, -0.25) is 5.10 Å². The number of hydrogen-bond acceptors (Lipinski definition) is 3. The van der Waals surface area contributed by atoms with Gasteiger partial charge in [0.25, 0.3) is 0 Å². The van der Waals surface area contributed by atoms with E-state index in [2.05, 4.69) is 29.1 Å². The lowest BCUT2D eigenvalue weighted by molar-refractivity contribution is 0.328. The van der Waals surface area contributed by atoms with Gasteiger partial charge in [0.15, 0.2) is 0 Å². The van der Waals surface area contributed by atoms with Crippen molar-refractivity contribution >= 4 is 0 Å². The Morgan fingerprint density at radius 1 is 1.26 bits per heavy atom. The minimum absolute atomic E-state index is 0.865. The largest absolute Gasteiger partial charge is 0.497 e. The number of rotatable bonds is 6. The normalized spacial score (nSPS) is 10.9. The molecule has 2 aromatic rings. The standard InChI is InChI=1S/C15H21N3O/c1-4-9-18(2)11-13-10-16-17-15(13)12-5-7-14(19-3)8-6-12/h5-8,10H,4,9,11H2,1-3H3,(H,16,17). The van der Waals surface area contributed by atoms with Crippen molar-refractivity contribution in [2.75, 3.05) is 20.7 Å². The summed E-state index contributed by atoms with van der Waals surface area (Å²) in [5.41, 5.74) is 3.36. The van der Waals surface area contributed by atoms with Crippen LogP contribution >= 0.6 is 0 Å². The Bertz CT molecular complexity index is 504. The van der Waals surface area contributed by atoms with Crippen LogP contribution in [0.4, 0.5) is 0 Å². The molecule has 1 N–H and O–H groups in total. The van der Waals surface area contributed by atoms with Crippen LogP contribution in [0.1, 0.15) is 18.9 Å². The Morgan fingerprint density at radius 2 is 2.00 bits per heavy atom. The predicted octanol–water partition coefficient (Wildman–Crippen LogP) is 2.93. The quantitative estimate of drug-likeness (QED) is 0.867. The molecule has 2 rings (SSSR count). The first-order valence-corrected chi connectivity index (χ1v) is 6.60. The molecular formula is C15H21N3O. The lowest BCUT2D eigenvalue weighted by atomic mass is 10.1. The Kier molecular flexibility index (Phi) is 4.58. The van der Waals surface area contributed by atoms with Gasteiger partial charge in [0.05, 0.1) is 12.8 Å². The number of benzene rings is 1. The highest BCUT2D eigenvalue weighted by Crippen LogP contribution is 2.24. The molecule has 1 aromatic carbocycles. The molecule has 0 saturated heterocycles. The number of aromatic amines is 1. The van der Waals surface area contributed by atoms with Crippen molar-refractivity contribution in [1.82, 2.24) is 15.1 Å². The fraction of sp³-hybridized carbons (Fsp3) is 0.400. The van der Waals surface area contributed by atoms with Gasteiger partial charge < -0.3 is 9.64 Å². The molecule has 1 heterocycles. The zero-order valence-corrected chi connectivity index (χ0v) is 11.8. The van der Waals surface area contributed by atoms with Crippen molar-refractivity contribution in [1.29, 1.82) is 0 Å². The van der Waals surface area contributed by atoms with Gasteiger partial charge in [-0.05, 0) is 44.3 Å². The van der Waals surface area contributed by atoms with Gasteiger partial charge in [0.1, 0.15) is 5.75 Å². The van der Waals surface area contributed by atoms with Crippen molar-refractivity contribution in [2.24, 2.45) is 0 Å². The van der Waals surface area contributed by atoms with Crippen molar-refractivity contribution in [2.45, 2.75) is 19.9 Å². The highest BCUT2D eigenvalue weighted by molar-refractivity contribution is 5.63. The maximum absolute atomic E-state index is 5.18. The molecule has 0 atom stereocenters. The Labute approximate surface area is 114 Å². The monoisotopic (exact) mass is 259 g/mol. The molecule has 0 spiro atoms. The van der Waals surface area contributed by atoms with E-state index in [0.717, 1.165) is 36.5 Å². The molecule has 0 bridgehead atoms. The second kappa shape index (κ2) is 6.38. The lowest BCUT2D eigenvalue weighted by Crippen LogP contribution is -2.18. The van der Waals surface area contributed by atoms with Crippen LogP contribution < -0.4 is 4.74 Å². The van der Waals surface area contributed by atoms with E-state index in [4.69, 9.17) is 4.74 Å². The molecular weight excluding hydrogens is 238 g/mol. The fourth-order valence-corrected chi connectivity index (χ4v) is 2.19. The van der Waals surface area contributed by atoms with Crippen LogP contribution in [0.2, 0.25) is 0 Å². The van der Waals surface area contributed by atoms with E-state index in [-0.39, 0.29) is 0 Å². The van der Waals surface area contributed by atoms with Crippen LogP contribution in [0.5, 0.6) is 5.75 Å². The van der Waals surface area contributed by atoms with Crippen LogP contribution in [0.3, 0.4) is 0 Å². The van der Waals surface area contributed by atoms with Crippen LogP contribution in [-0.4, -0.2) is 35.8 Å². The van der Waals surface area contributed by atoms with E-state index in [1.807, 2.05) is 30.5 Å². The first-order valence-electron chi connectivity index (χ1n) is 6.60. The van der Waals surface area contributed by atoms with E-state index < -0.39 is 0 Å². The molecule has 0 saturated carbocycles. The highest BCUT2D eigenvalue weighted by Gasteiger charge is 2.10. The summed E-state index contributed by atoms with van der Waals surface area (Å²) in [4.78, 5) is 2.30. The molecule has 1 aromatic heterocycles. The average molecular weight is 259 g/mol. The number of methoxy groups -OCH3 is 1. The number of nitrogens with one attached hydrogen (secondary N) is 1. The smallest absolute Gasteiger partial charge is 0.118 e. The maximum Gasteiger partial charge on any atom is 0.118 e. The topological polar surface area (TPSA) is 41.2 Å². The summed E-state index contributed by atoms with van der Waals surface area (Å²) in [6.45, 7) is 4.19. The summed E-state index contributed by atoms with van der Waals surface area (Å²) >= 11 is 0. The summed E-state index contributed by atoms with van der Waals surface area (Å²) in [5, 5.41) is 7.33. The number of ether oxygens (including phenoxy) is 1.